The van der Waals surface area contributed by atoms with Crippen molar-refractivity contribution in [1.29, 1.82) is 0 Å². The number of carbonyl (C=O) groups is 1. The lowest BCUT2D eigenvalue weighted by molar-refractivity contribution is -0.139. The Morgan fingerprint density at radius 2 is 2.05 bits per heavy atom. The van der Waals surface area contributed by atoms with Crippen molar-refractivity contribution >= 4 is 5.91 Å². The molecule has 1 aromatic carbocycles. The van der Waals surface area contributed by atoms with Gasteiger partial charge in [-0.25, -0.2) is 0 Å². The van der Waals surface area contributed by atoms with Gasteiger partial charge < -0.3 is 19.5 Å². The molecule has 122 valence electrons. The summed E-state index contributed by atoms with van der Waals surface area (Å²) in [5.41, 5.74) is 0. The van der Waals surface area contributed by atoms with Gasteiger partial charge in [0, 0.05) is 14.2 Å². The number of hydrogen-bond donors (Lipinski definition) is 1. The highest BCUT2D eigenvalue weighted by Crippen LogP contribution is 2.27. The molecule has 1 fully saturated rings. The van der Waals surface area contributed by atoms with Crippen LogP contribution in [0.2, 0.25) is 0 Å². The monoisotopic (exact) mass is 307 g/mol. The number of para-hydroxylation sites is 1. The average Bonchev–Trinajstić information content (AvgIpc) is 2.55. The van der Waals surface area contributed by atoms with Crippen LogP contribution in [0.25, 0.3) is 0 Å². The minimum atomic E-state index is -0.676. The standard InChI is InChI=1S/C17H25NO4/c1-18(16(19)11-12-21-2)14-9-6-10-15(17(14)20)22-13-7-4-3-5-8-13/h3-5,7-8,14-15,17,20H,6,9-12H2,1-2H3/t14-,15-,17-/m1/s1. The number of amides is 1. The quantitative estimate of drug-likeness (QED) is 0.871. The Hall–Kier alpha value is -1.59. The van der Waals surface area contributed by atoms with Gasteiger partial charge >= 0.3 is 0 Å². The van der Waals surface area contributed by atoms with Crippen LogP contribution < -0.4 is 4.74 Å². The van der Waals surface area contributed by atoms with E-state index in [9.17, 15) is 9.90 Å². The largest absolute Gasteiger partial charge is 0.488 e. The van der Waals surface area contributed by atoms with Crippen LogP contribution in [0, 0.1) is 0 Å². The molecular formula is C17H25NO4. The lowest BCUT2D eigenvalue weighted by Crippen LogP contribution is -2.53. The molecule has 0 bridgehead atoms. The van der Waals surface area contributed by atoms with E-state index in [1.807, 2.05) is 30.3 Å². The molecule has 0 aromatic heterocycles. The van der Waals surface area contributed by atoms with Gasteiger partial charge in [-0.2, -0.15) is 0 Å². The molecule has 1 saturated carbocycles. The first kappa shape index (κ1) is 16.8. The number of nitrogens with zero attached hydrogens (tertiary/aromatic N) is 1. The number of aliphatic hydroxyl groups is 1. The molecule has 1 N–H and O–H groups in total. The highest BCUT2D eigenvalue weighted by molar-refractivity contribution is 5.76. The van der Waals surface area contributed by atoms with E-state index in [4.69, 9.17) is 9.47 Å². The molecule has 0 aliphatic heterocycles. The molecule has 22 heavy (non-hydrogen) atoms. The summed E-state index contributed by atoms with van der Waals surface area (Å²) in [5, 5.41) is 10.6. The number of rotatable bonds is 6. The van der Waals surface area contributed by atoms with Gasteiger partial charge in [-0.1, -0.05) is 18.2 Å². The van der Waals surface area contributed by atoms with E-state index in [0.29, 0.717) is 13.0 Å². The molecule has 1 aliphatic rings. The fourth-order valence-electron chi connectivity index (χ4n) is 2.89. The third-order valence-corrected chi connectivity index (χ3v) is 4.21. The van der Waals surface area contributed by atoms with E-state index in [2.05, 4.69) is 0 Å². The molecule has 1 aliphatic carbocycles. The highest BCUT2D eigenvalue weighted by atomic mass is 16.5. The Bertz CT molecular complexity index is 465. The van der Waals surface area contributed by atoms with Gasteiger partial charge in [-0.05, 0) is 31.4 Å². The molecule has 0 heterocycles. The summed E-state index contributed by atoms with van der Waals surface area (Å²) >= 11 is 0. The van der Waals surface area contributed by atoms with E-state index in [1.165, 1.54) is 0 Å². The Kier molecular flexibility index (Phi) is 6.21. The SMILES string of the molecule is COCCC(=O)N(C)[C@@H]1CCC[C@@H](Oc2ccccc2)[C@@H]1O. The maximum Gasteiger partial charge on any atom is 0.224 e. The molecule has 0 radical (unpaired) electrons. The van der Waals surface area contributed by atoms with Crippen molar-refractivity contribution in [1.82, 2.24) is 4.90 Å². The van der Waals surface area contributed by atoms with Crippen LogP contribution in [-0.2, 0) is 9.53 Å². The molecule has 2 rings (SSSR count). The van der Waals surface area contributed by atoms with E-state index >= 15 is 0 Å². The first-order valence-corrected chi connectivity index (χ1v) is 7.78. The van der Waals surface area contributed by atoms with Crippen LogP contribution in [0.3, 0.4) is 0 Å². The van der Waals surface area contributed by atoms with Crippen molar-refractivity contribution < 1.29 is 19.4 Å². The van der Waals surface area contributed by atoms with Crippen LogP contribution in [0.15, 0.2) is 30.3 Å². The molecular weight excluding hydrogens is 282 g/mol. The fraction of sp³-hybridized carbons (Fsp3) is 0.588. The van der Waals surface area contributed by atoms with Crippen molar-refractivity contribution in [3.05, 3.63) is 30.3 Å². The average molecular weight is 307 g/mol. The van der Waals surface area contributed by atoms with Crippen LogP contribution >= 0.6 is 0 Å². The number of likely N-dealkylation sites (N-methyl/N-ethyl adjacent to an activating group) is 1. The van der Waals surface area contributed by atoms with Gasteiger partial charge in [0.05, 0.1) is 19.1 Å². The lowest BCUT2D eigenvalue weighted by atomic mass is 9.88. The minimum absolute atomic E-state index is 0.00809. The summed E-state index contributed by atoms with van der Waals surface area (Å²) in [5.74, 6) is 0.742. The second-order valence-corrected chi connectivity index (χ2v) is 5.71. The number of ether oxygens (including phenoxy) is 2. The fourth-order valence-corrected chi connectivity index (χ4v) is 2.89. The van der Waals surface area contributed by atoms with E-state index in [1.54, 1.807) is 19.1 Å². The third kappa shape index (κ3) is 4.21. The molecule has 1 amide bonds. The van der Waals surface area contributed by atoms with Crippen molar-refractivity contribution in [2.75, 3.05) is 20.8 Å². The van der Waals surface area contributed by atoms with Gasteiger partial charge in [0.25, 0.3) is 0 Å². The number of aliphatic hydroxyl groups excluding tert-OH is 1. The predicted octanol–water partition coefficient (Wildman–Crippen LogP) is 1.84. The summed E-state index contributed by atoms with van der Waals surface area (Å²) in [6.07, 6.45) is 1.91. The second-order valence-electron chi connectivity index (χ2n) is 5.71. The molecule has 5 heteroatoms. The van der Waals surface area contributed by atoms with Crippen LogP contribution in [0.4, 0.5) is 0 Å². The first-order valence-electron chi connectivity index (χ1n) is 7.78. The van der Waals surface area contributed by atoms with Crippen molar-refractivity contribution in [3.63, 3.8) is 0 Å². The van der Waals surface area contributed by atoms with Crippen molar-refractivity contribution in [2.45, 2.75) is 43.9 Å². The van der Waals surface area contributed by atoms with Gasteiger partial charge in [0.1, 0.15) is 18.0 Å². The summed E-state index contributed by atoms with van der Waals surface area (Å²) < 4.78 is 10.8. The molecule has 5 nitrogen and oxygen atoms in total. The first-order chi connectivity index (χ1) is 10.6. The van der Waals surface area contributed by atoms with E-state index < -0.39 is 6.10 Å². The zero-order chi connectivity index (χ0) is 15.9. The molecule has 3 atom stereocenters. The summed E-state index contributed by atoms with van der Waals surface area (Å²) in [6, 6.07) is 9.29. The zero-order valence-corrected chi connectivity index (χ0v) is 13.3. The van der Waals surface area contributed by atoms with Crippen LogP contribution in [0.5, 0.6) is 5.75 Å². The summed E-state index contributed by atoms with van der Waals surface area (Å²) in [6.45, 7) is 0.399. The number of benzene rings is 1. The Morgan fingerprint density at radius 3 is 2.73 bits per heavy atom. The smallest absolute Gasteiger partial charge is 0.224 e. The molecule has 0 unspecified atom stereocenters. The summed E-state index contributed by atoms with van der Waals surface area (Å²) in [4.78, 5) is 13.7. The minimum Gasteiger partial charge on any atom is -0.488 e. The van der Waals surface area contributed by atoms with Crippen LogP contribution in [-0.4, -0.2) is 54.9 Å². The maximum absolute atomic E-state index is 12.1. The Labute approximate surface area is 131 Å². The van der Waals surface area contributed by atoms with Gasteiger partial charge in [-0.15, -0.1) is 0 Å². The normalized spacial score (nSPS) is 24.8. The lowest BCUT2D eigenvalue weighted by Gasteiger charge is -2.39. The Balaban J connectivity index is 1.97. The van der Waals surface area contributed by atoms with E-state index in [0.717, 1.165) is 25.0 Å². The predicted molar refractivity (Wildman–Crippen MR) is 83.8 cm³/mol. The highest BCUT2D eigenvalue weighted by Gasteiger charge is 2.37. The van der Waals surface area contributed by atoms with Gasteiger partial charge in [0.15, 0.2) is 0 Å². The number of hydrogen-bond acceptors (Lipinski definition) is 4. The second kappa shape index (κ2) is 8.15. The number of carbonyl (C=O) groups excluding carboxylic acids is 1. The van der Waals surface area contributed by atoms with Gasteiger partial charge in [-0.3, -0.25) is 4.79 Å². The van der Waals surface area contributed by atoms with Crippen molar-refractivity contribution in [2.24, 2.45) is 0 Å². The third-order valence-electron chi connectivity index (χ3n) is 4.21. The topological polar surface area (TPSA) is 59.0 Å². The Morgan fingerprint density at radius 1 is 1.32 bits per heavy atom. The molecule has 1 aromatic rings. The van der Waals surface area contributed by atoms with Crippen LogP contribution in [0.1, 0.15) is 25.7 Å². The van der Waals surface area contributed by atoms with E-state index in [-0.39, 0.29) is 18.1 Å². The van der Waals surface area contributed by atoms with Gasteiger partial charge in [0.2, 0.25) is 5.91 Å². The maximum atomic E-state index is 12.1. The summed E-state index contributed by atoms with van der Waals surface area (Å²) in [7, 11) is 3.32. The molecule has 0 saturated heterocycles. The number of methoxy groups -OCH3 is 1. The zero-order valence-electron chi connectivity index (χ0n) is 13.3. The van der Waals surface area contributed by atoms with Crippen molar-refractivity contribution in [3.8, 4) is 5.75 Å². The molecule has 0 spiro atoms.